The molecule has 1 amide bonds. The molecule has 0 bridgehead atoms. The third kappa shape index (κ3) is 3.94. The van der Waals surface area contributed by atoms with Crippen molar-refractivity contribution < 1.29 is 18.7 Å². The van der Waals surface area contributed by atoms with Crippen molar-refractivity contribution in [3.63, 3.8) is 0 Å². The van der Waals surface area contributed by atoms with Crippen LogP contribution < -0.4 is 9.47 Å². The number of nitrogens with one attached hydrogen (secondary N) is 1. The molecule has 5 nitrogen and oxygen atoms in total. The summed E-state index contributed by atoms with van der Waals surface area (Å²) in [6, 6.07) is 10.2. The van der Waals surface area contributed by atoms with E-state index in [1.807, 2.05) is 18.3 Å². The third-order valence-electron chi connectivity index (χ3n) is 5.36. The fourth-order valence-electron chi connectivity index (χ4n) is 3.70. The third-order valence-corrected chi connectivity index (χ3v) is 5.36. The summed E-state index contributed by atoms with van der Waals surface area (Å²) in [7, 11) is 3.19. The maximum atomic E-state index is 13.4. The Morgan fingerprint density at radius 3 is 2.77 bits per heavy atom. The lowest BCUT2D eigenvalue weighted by Gasteiger charge is -2.25. The number of hydrogen-bond acceptors (Lipinski definition) is 3. The number of fused-ring (bicyclic) bond motifs is 1. The van der Waals surface area contributed by atoms with E-state index in [1.165, 1.54) is 12.1 Å². The summed E-state index contributed by atoms with van der Waals surface area (Å²) in [5.41, 5.74) is 3.82. The van der Waals surface area contributed by atoms with E-state index in [0.29, 0.717) is 24.6 Å². The van der Waals surface area contributed by atoms with Crippen LogP contribution >= 0.6 is 0 Å². The van der Waals surface area contributed by atoms with Gasteiger partial charge in [0.25, 0.3) is 0 Å². The largest absolute Gasteiger partial charge is 0.497 e. The SMILES string of the molecule is COc1ccc(/C=C/C(=O)N2CC=C(c3c[nH]c4cc(F)ccc34)CC2)c(OC)c1. The predicted octanol–water partition coefficient (Wildman–Crippen LogP) is 4.65. The number of hydrogen-bond donors (Lipinski definition) is 1. The molecule has 2 heterocycles. The van der Waals surface area contributed by atoms with Crippen molar-refractivity contribution in [2.75, 3.05) is 27.3 Å². The molecule has 0 unspecified atom stereocenters. The van der Waals surface area contributed by atoms with E-state index in [1.54, 1.807) is 43.4 Å². The second-order valence-electron chi connectivity index (χ2n) is 7.10. The number of H-pyrrole nitrogens is 1. The molecular formula is C24H23FN2O3. The Bertz CT molecular complexity index is 1150. The van der Waals surface area contributed by atoms with Gasteiger partial charge in [-0.25, -0.2) is 4.39 Å². The fraction of sp³-hybridized carbons (Fsp3) is 0.208. The van der Waals surface area contributed by atoms with Crippen LogP contribution in [0.5, 0.6) is 11.5 Å². The van der Waals surface area contributed by atoms with E-state index in [2.05, 4.69) is 11.1 Å². The van der Waals surface area contributed by atoms with E-state index < -0.39 is 0 Å². The highest BCUT2D eigenvalue weighted by molar-refractivity contribution is 5.95. The Morgan fingerprint density at radius 1 is 1.17 bits per heavy atom. The number of methoxy groups -OCH3 is 2. The molecule has 6 heteroatoms. The van der Waals surface area contributed by atoms with Gasteiger partial charge in [-0.1, -0.05) is 6.08 Å². The van der Waals surface area contributed by atoms with Crippen molar-refractivity contribution in [2.24, 2.45) is 0 Å². The second kappa shape index (κ2) is 8.45. The Balaban J connectivity index is 1.46. The number of aromatic nitrogens is 1. The van der Waals surface area contributed by atoms with Gasteiger partial charge >= 0.3 is 0 Å². The van der Waals surface area contributed by atoms with Crippen LogP contribution in [0.15, 0.2) is 54.7 Å². The van der Waals surface area contributed by atoms with Gasteiger partial charge in [0, 0.05) is 53.5 Å². The number of carbonyl (C=O) groups excluding carboxylic acids is 1. The van der Waals surface area contributed by atoms with Gasteiger partial charge in [-0.15, -0.1) is 0 Å². The zero-order chi connectivity index (χ0) is 21.1. The molecule has 1 aliphatic rings. The molecule has 0 spiro atoms. The highest BCUT2D eigenvalue weighted by Crippen LogP contribution is 2.30. The van der Waals surface area contributed by atoms with Crippen LogP contribution in [0.4, 0.5) is 4.39 Å². The topological polar surface area (TPSA) is 54.6 Å². The lowest BCUT2D eigenvalue weighted by Crippen LogP contribution is -2.33. The first-order chi connectivity index (χ1) is 14.6. The van der Waals surface area contributed by atoms with Crippen molar-refractivity contribution in [2.45, 2.75) is 6.42 Å². The molecule has 0 fully saturated rings. The van der Waals surface area contributed by atoms with Crippen molar-refractivity contribution in [3.05, 3.63) is 71.7 Å². The van der Waals surface area contributed by atoms with E-state index in [-0.39, 0.29) is 11.7 Å². The highest BCUT2D eigenvalue weighted by Gasteiger charge is 2.18. The number of halogens is 1. The van der Waals surface area contributed by atoms with Crippen molar-refractivity contribution in [1.82, 2.24) is 9.88 Å². The van der Waals surface area contributed by atoms with Gasteiger partial charge in [0.05, 0.1) is 14.2 Å². The lowest BCUT2D eigenvalue weighted by atomic mass is 9.99. The number of benzene rings is 2. The summed E-state index contributed by atoms with van der Waals surface area (Å²) < 4.78 is 24.0. The first kappa shape index (κ1) is 19.8. The minimum Gasteiger partial charge on any atom is -0.497 e. The average Bonchev–Trinajstić information content (AvgIpc) is 3.20. The summed E-state index contributed by atoms with van der Waals surface area (Å²) >= 11 is 0. The first-order valence-corrected chi connectivity index (χ1v) is 9.74. The lowest BCUT2D eigenvalue weighted by molar-refractivity contribution is -0.125. The molecule has 30 heavy (non-hydrogen) atoms. The summed E-state index contributed by atoms with van der Waals surface area (Å²) in [5.74, 6) is 1.04. The maximum Gasteiger partial charge on any atom is 0.246 e. The minimum atomic E-state index is -0.259. The molecule has 1 N–H and O–H groups in total. The van der Waals surface area contributed by atoms with Crippen LogP contribution in [0, 0.1) is 5.82 Å². The van der Waals surface area contributed by atoms with Crippen molar-refractivity contribution in [3.8, 4) is 11.5 Å². The molecule has 0 saturated heterocycles. The zero-order valence-corrected chi connectivity index (χ0v) is 16.9. The van der Waals surface area contributed by atoms with Gasteiger partial charge < -0.3 is 19.4 Å². The summed E-state index contributed by atoms with van der Waals surface area (Å²) in [4.78, 5) is 17.6. The molecule has 0 aliphatic carbocycles. The van der Waals surface area contributed by atoms with Crippen LogP contribution in [-0.2, 0) is 4.79 Å². The molecule has 1 aliphatic heterocycles. The van der Waals surface area contributed by atoms with Crippen LogP contribution in [0.3, 0.4) is 0 Å². The predicted molar refractivity (Wildman–Crippen MR) is 116 cm³/mol. The molecule has 1 aromatic heterocycles. The molecule has 2 aromatic carbocycles. The van der Waals surface area contributed by atoms with Gasteiger partial charge in [0.2, 0.25) is 5.91 Å². The van der Waals surface area contributed by atoms with Crippen LogP contribution in [0.25, 0.3) is 22.6 Å². The number of nitrogens with zero attached hydrogens (tertiary/aromatic N) is 1. The van der Waals surface area contributed by atoms with Gasteiger partial charge in [0.1, 0.15) is 17.3 Å². The monoisotopic (exact) mass is 406 g/mol. The molecule has 0 radical (unpaired) electrons. The molecule has 3 aromatic rings. The Kier molecular flexibility index (Phi) is 5.57. The standard InChI is InChI=1S/C24H23FN2O3/c1-29-19-6-3-17(23(14-19)30-2)4-8-24(28)27-11-9-16(10-12-27)21-15-26-22-13-18(25)5-7-20(21)22/h3-9,13-15,26H,10-12H2,1-2H3/b8-4+. The first-order valence-electron chi connectivity index (χ1n) is 9.74. The summed E-state index contributed by atoms with van der Waals surface area (Å²) in [5, 5.41) is 0.994. The van der Waals surface area contributed by atoms with Gasteiger partial charge in [0.15, 0.2) is 0 Å². The van der Waals surface area contributed by atoms with E-state index in [0.717, 1.165) is 34.0 Å². The second-order valence-corrected chi connectivity index (χ2v) is 7.10. The fourth-order valence-corrected chi connectivity index (χ4v) is 3.70. The Labute approximate surface area is 174 Å². The molecular weight excluding hydrogens is 383 g/mol. The van der Waals surface area contributed by atoms with E-state index >= 15 is 0 Å². The molecule has 0 saturated carbocycles. The summed E-state index contributed by atoms with van der Waals surface area (Å²) in [6.45, 7) is 1.16. The molecule has 154 valence electrons. The number of amides is 1. The van der Waals surface area contributed by atoms with Crippen molar-refractivity contribution >= 4 is 28.5 Å². The molecule has 4 rings (SSSR count). The quantitative estimate of drug-likeness (QED) is 0.628. The van der Waals surface area contributed by atoms with E-state index in [9.17, 15) is 9.18 Å². The van der Waals surface area contributed by atoms with Gasteiger partial charge in [-0.2, -0.15) is 0 Å². The highest BCUT2D eigenvalue weighted by atomic mass is 19.1. The van der Waals surface area contributed by atoms with E-state index in [4.69, 9.17) is 9.47 Å². The van der Waals surface area contributed by atoms with Crippen LogP contribution in [0.2, 0.25) is 0 Å². The Morgan fingerprint density at radius 2 is 2.03 bits per heavy atom. The number of aromatic amines is 1. The number of carbonyl (C=O) groups is 1. The Hall–Kier alpha value is -3.54. The van der Waals surface area contributed by atoms with Crippen LogP contribution in [-0.4, -0.2) is 43.1 Å². The normalized spacial score (nSPS) is 14.2. The van der Waals surface area contributed by atoms with Gasteiger partial charge in [-0.3, -0.25) is 4.79 Å². The van der Waals surface area contributed by atoms with Crippen LogP contribution in [0.1, 0.15) is 17.5 Å². The molecule has 0 atom stereocenters. The number of rotatable bonds is 5. The van der Waals surface area contributed by atoms with Crippen molar-refractivity contribution in [1.29, 1.82) is 0 Å². The minimum absolute atomic E-state index is 0.0517. The van der Waals surface area contributed by atoms with Gasteiger partial charge in [-0.05, 0) is 48.4 Å². The smallest absolute Gasteiger partial charge is 0.246 e. The number of ether oxygens (including phenoxy) is 2. The average molecular weight is 406 g/mol. The summed E-state index contributed by atoms with van der Waals surface area (Å²) in [6.07, 6.45) is 8.04. The zero-order valence-electron chi connectivity index (χ0n) is 16.9. The maximum absolute atomic E-state index is 13.4.